The summed E-state index contributed by atoms with van der Waals surface area (Å²) in [7, 11) is 1.35. The standard InChI is InChI=1S/C31H36N2O11/c1-14-26(35)17(32)10-21(43-14)44-19-12-31(40,20(34)13-33-6-8-42-9-7-33)11-16-23(19)30(39)25-24(28(16)37)27(36)15-4-3-5-18(41-2)22(15)29(25)38/h3-5,14,17,19,21,26,35,37,39-40H,6-13,32H2,1-2H3/t14?,17?,19-,21?,26?,31-/m0/s1. The predicted octanol–water partition coefficient (Wildman–Crippen LogP) is 0.341. The first-order valence-electron chi connectivity index (χ1n) is 14.6. The third-order valence-corrected chi connectivity index (χ3v) is 9.13. The van der Waals surface area contributed by atoms with E-state index in [0.29, 0.717) is 26.3 Å². The predicted molar refractivity (Wildman–Crippen MR) is 152 cm³/mol. The average Bonchev–Trinajstić information content (AvgIpc) is 3.00. The zero-order valence-electron chi connectivity index (χ0n) is 24.4. The Labute approximate surface area is 253 Å². The zero-order valence-corrected chi connectivity index (χ0v) is 24.4. The topological polar surface area (TPSA) is 198 Å². The highest BCUT2D eigenvalue weighted by molar-refractivity contribution is 6.31. The van der Waals surface area contributed by atoms with E-state index in [1.807, 2.05) is 4.90 Å². The molecule has 0 bridgehead atoms. The Hall–Kier alpha value is -3.43. The highest BCUT2D eigenvalue weighted by Gasteiger charge is 2.50. The summed E-state index contributed by atoms with van der Waals surface area (Å²) >= 11 is 0. The fourth-order valence-electron chi connectivity index (χ4n) is 6.71. The molecule has 2 aromatic carbocycles. The van der Waals surface area contributed by atoms with Gasteiger partial charge in [0.05, 0.1) is 61.9 Å². The van der Waals surface area contributed by atoms with E-state index in [-0.39, 0.29) is 47.4 Å². The van der Waals surface area contributed by atoms with E-state index in [9.17, 15) is 34.8 Å². The summed E-state index contributed by atoms with van der Waals surface area (Å²) in [6.45, 7) is 3.38. The van der Waals surface area contributed by atoms with Gasteiger partial charge in [0.2, 0.25) is 5.78 Å². The van der Waals surface area contributed by atoms with Gasteiger partial charge in [0.1, 0.15) is 22.8 Å². The number of aliphatic hydroxyl groups excluding tert-OH is 1. The molecule has 2 aromatic rings. The zero-order chi connectivity index (χ0) is 31.5. The second-order valence-corrected chi connectivity index (χ2v) is 11.9. The third-order valence-electron chi connectivity index (χ3n) is 9.13. The molecule has 44 heavy (non-hydrogen) atoms. The van der Waals surface area contributed by atoms with Crippen LogP contribution < -0.4 is 10.5 Å². The number of carbonyl (C=O) groups excluding carboxylic acids is 3. The van der Waals surface area contributed by atoms with Crippen LogP contribution in [0.25, 0.3) is 0 Å². The minimum absolute atomic E-state index is 0.0177. The molecule has 4 unspecified atom stereocenters. The average molecular weight is 613 g/mol. The van der Waals surface area contributed by atoms with Gasteiger partial charge in [-0.25, -0.2) is 0 Å². The SMILES string of the molecule is COc1cccc2c1C(=O)c1c(O)c3c(c(O)c1C2=O)C[C@@](O)(C(=O)CN1CCOCC1)C[C@@H]3OC1CC(N)C(O)C(C)O1. The molecule has 2 aliphatic heterocycles. The minimum Gasteiger partial charge on any atom is -0.507 e. The number of benzene rings is 2. The minimum atomic E-state index is -2.07. The van der Waals surface area contributed by atoms with Gasteiger partial charge in [-0.2, -0.15) is 0 Å². The number of hydrogen-bond acceptors (Lipinski definition) is 13. The van der Waals surface area contributed by atoms with Gasteiger partial charge in [-0.05, 0) is 13.0 Å². The van der Waals surface area contributed by atoms with Crippen LogP contribution in [0.15, 0.2) is 18.2 Å². The van der Waals surface area contributed by atoms with Gasteiger partial charge in [0, 0.05) is 55.1 Å². The highest BCUT2D eigenvalue weighted by Crippen LogP contribution is 2.52. The molecular formula is C31H36N2O11. The van der Waals surface area contributed by atoms with E-state index < -0.39 is 82.6 Å². The molecule has 0 amide bonds. The Morgan fingerprint density at radius 3 is 2.50 bits per heavy atom. The van der Waals surface area contributed by atoms with Crippen LogP contribution in [0.3, 0.4) is 0 Å². The maximum Gasteiger partial charge on any atom is 0.202 e. The Balaban J connectivity index is 1.46. The van der Waals surface area contributed by atoms with Crippen LogP contribution in [0.4, 0.5) is 0 Å². The van der Waals surface area contributed by atoms with E-state index in [1.54, 1.807) is 6.92 Å². The van der Waals surface area contributed by atoms with E-state index in [4.69, 9.17) is 24.7 Å². The van der Waals surface area contributed by atoms with Crippen LogP contribution in [0, 0.1) is 0 Å². The summed E-state index contributed by atoms with van der Waals surface area (Å²) < 4.78 is 22.7. The van der Waals surface area contributed by atoms with E-state index >= 15 is 0 Å². The molecule has 0 spiro atoms. The van der Waals surface area contributed by atoms with Crippen LogP contribution in [-0.4, -0.2) is 113 Å². The lowest BCUT2D eigenvalue weighted by Crippen LogP contribution is -2.54. The summed E-state index contributed by atoms with van der Waals surface area (Å²) in [5.74, 6) is -3.12. The van der Waals surface area contributed by atoms with Gasteiger partial charge in [-0.15, -0.1) is 0 Å². The molecule has 0 saturated carbocycles. The van der Waals surface area contributed by atoms with Crippen molar-refractivity contribution in [1.29, 1.82) is 0 Å². The van der Waals surface area contributed by atoms with Gasteiger partial charge in [-0.3, -0.25) is 19.3 Å². The van der Waals surface area contributed by atoms with Crippen LogP contribution in [0.5, 0.6) is 17.2 Å². The van der Waals surface area contributed by atoms with Crippen molar-refractivity contribution in [1.82, 2.24) is 4.90 Å². The van der Waals surface area contributed by atoms with Gasteiger partial charge in [0.15, 0.2) is 17.9 Å². The van der Waals surface area contributed by atoms with Crippen molar-refractivity contribution in [2.75, 3.05) is 40.0 Å². The van der Waals surface area contributed by atoms with Gasteiger partial charge >= 0.3 is 0 Å². The molecule has 2 saturated heterocycles. The number of phenolic OH excluding ortho intramolecular Hbond substituents is 2. The number of rotatable bonds is 6. The summed E-state index contributed by atoms with van der Waals surface area (Å²) in [6, 6.07) is 3.76. The molecule has 0 radical (unpaired) electrons. The maximum absolute atomic E-state index is 13.8. The van der Waals surface area contributed by atoms with Crippen LogP contribution in [0.1, 0.15) is 68.8 Å². The van der Waals surface area contributed by atoms with Gasteiger partial charge in [0.25, 0.3) is 0 Å². The summed E-state index contributed by atoms with van der Waals surface area (Å²) in [6.07, 6.45) is -4.68. The monoisotopic (exact) mass is 612 g/mol. The van der Waals surface area contributed by atoms with Crippen molar-refractivity contribution in [3.63, 3.8) is 0 Å². The van der Waals surface area contributed by atoms with Crippen molar-refractivity contribution in [2.45, 2.75) is 62.4 Å². The van der Waals surface area contributed by atoms with Crippen LogP contribution >= 0.6 is 0 Å². The Morgan fingerprint density at radius 2 is 1.82 bits per heavy atom. The molecule has 2 aliphatic carbocycles. The second-order valence-electron chi connectivity index (χ2n) is 11.9. The van der Waals surface area contributed by atoms with E-state index in [2.05, 4.69) is 0 Å². The number of nitrogens with zero attached hydrogens (tertiary/aromatic N) is 1. The summed E-state index contributed by atoms with van der Waals surface area (Å²) in [5.41, 5.74) is 2.98. The normalized spacial score (nSPS) is 30.3. The summed E-state index contributed by atoms with van der Waals surface area (Å²) in [4.78, 5) is 43.1. The first kappa shape index (κ1) is 30.6. The Morgan fingerprint density at radius 1 is 1.11 bits per heavy atom. The molecular weight excluding hydrogens is 576 g/mol. The number of phenols is 2. The van der Waals surface area contributed by atoms with Gasteiger partial charge < -0.3 is 45.1 Å². The number of nitrogens with two attached hydrogens (primary N) is 1. The van der Waals surface area contributed by atoms with Crippen molar-refractivity contribution in [3.05, 3.63) is 51.6 Å². The number of ketones is 3. The first-order chi connectivity index (χ1) is 20.9. The largest absolute Gasteiger partial charge is 0.507 e. The lowest BCUT2D eigenvalue weighted by molar-refractivity contribution is -0.247. The van der Waals surface area contributed by atoms with E-state index in [1.165, 1.54) is 25.3 Å². The number of aromatic hydroxyl groups is 2. The highest BCUT2D eigenvalue weighted by atomic mass is 16.7. The molecule has 4 aliphatic rings. The van der Waals surface area contributed by atoms with Crippen molar-refractivity contribution >= 4 is 17.3 Å². The maximum atomic E-state index is 13.8. The smallest absolute Gasteiger partial charge is 0.202 e. The molecule has 13 heteroatoms. The fraction of sp³-hybridized carbons (Fsp3) is 0.516. The van der Waals surface area contributed by atoms with E-state index in [0.717, 1.165) is 0 Å². The number of Topliss-reactive ketones (excluding diaryl/α,β-unsaturated/α-hetero) is 1. The lowest BCUT2D eigenvalue weighted by atomic mass is 9.71. The number of methoxy groups -OCH3 is 1. The van der Waals surface area contributed by atoms with Crippen molar-refractivity contribution in [2.24, 2.45) is 5.73 Å². The molecule has 13 nitrogen and oxygen atoms in total. The molecule has 6 atom stereocenters. The number of aliphatic hydroxyl groups is 2. The molecule has 2 heterocycles. The van der Waals surface area contributed by atoms with Crippen LogP contribution in [0.2, 0.25) is 0 Å². The molecule has 2 fully saturated rings. The van der Waals surface area contributed by atoms with Gasteiger partial charge in [-0.1, -0.05) is 12.1 Å². The second kappa shape index (κ2) is 11.5. The number of morpholine rings is 1. The number of carbonyl (C=O) groups is 3. The van der Waals surface area contributed by atoms with Crippen LogP contribution in [-0.2, 0) is 25.4 Å². The molecule has 0 aromatic heterocycles. The lowest BCUT2D eigenvalue weighted by Gasteiger charge is -2.42. The Kier molecular flexibility index (Phi) is 7.99. The molecule has 6 rings (SSSR count). The first-order valence-corrected chi connectivity index (χ1v) is 14.6. The number of fused-ring (bicyclic) bond motifs is 3. The quantitative estimate of drug-likeness (QED) is 0.239. The fourth-order valence-corrected chi connectivity index (χ4v) is 6.71. The van der Waals surface area contributed by atoms with Crippen molar-refractivity contribution < 1.29 is 53.8 Å². The number of hydrogen-bond donors (Lipinski definition) is 5. The Bertz CT molecular complexity index is 1510. The summed E-state index contributed by atoms with van der Waals surface area (Å²) in [5, 5.41) is 45.5. The molecule has 236 valence electrons. The molecule has 6 N–H and O–H groups in total. The van der Waals surface area contributed by atoms with Crippen molar-refractivity contribution in [3.8, 4) is 17.2 Å². The number of ether oxygens (including phenoxy) is 4. The third kappa shape index (κ3) is 4.98.